The molecule has 0 saturated heterocycles. The second-order valence-electron chi connectivity index (χ2n) is 2.89. The Labute approximate surface area is 97.0 Å². The molecule has 0 radical (unpaired) electrons. The molecule has 0 spiro atoms. The summed E-state index contributed by atoms with van der Waals surface area (Å²) >= 11 is 11.8. The second kappa shape index (κ2) is 4.21. The molecule has 5 heteroatoms. The van der Waals surface area contributed by atoms with Crippen molar-refractivity contribution in [2.45, 2.75) is 6.92 Å². The molecule has 1 aromatic carbocycles. The first-order valence-corrected chi connectivity index (χ1v) is 5.22. The van der Waals surface area contributed by atoms with Gasteiger partial charge in [0.15, 0.2) is 0 Å². The third kappa shape index (κ3) is 2.13. The lowest BCUT2D eigenvalue weighted by molar-refractivity contribution is 0.314. The zero-order valence-corrected chi connectivity index (χ0v) is 9.51. The van der Waals surface area contributed by atoms with E-state index in [2.05, 4.69) is 9.97 Å². The Morgan fingerprint density at radius 3 is 2.80 bits per heavy atom. The predicted molar refractivity (Wildman–Crippen MR) is 60.7 cm³/mol. The average Bonchev–Trinajstić information content (AvgIpc) is 2.17. The van der Waals surface area contributed by atoms with Crippen molar-refractivity contribution in [1.82, 2.24) is 9.97 Å². The van der Waals surface area contributed by atoms with E-state index in [0.29, 0.717) is 22.3 Å². The van der Waals surface area contributed by atoms with Gasteiger partial charge in [-0.05, 0) is 25.1 Å². The number of nitrogens with zero attached hydrogens (tertiary/aromatic N) is 2. The lowest BCUT2D eigenvalue weighted by Crippen LogP contribution is -1.98. The Morgan fingerprint density at radius 2 is 2.07 bits per heavy atom. The monoisotopic (exact) mass is 242 g/mol. The molecule has 0 aliphatic heterocycles. The van der Waals surface area contributed by atoms with Gasteiger partial charge in [0.25, 0.3) is 0 Å². The second-order valence-corrected chi connectivity index (χ2v) is 3.69. The molecule has 2 rings (SSSR count). The number of benzene rings is 1. The Bertz CT molecular complexity index is 502. The Balaban J connectivity index is 2.63. The molecule has 0 amide bonds. The van der Waals surface area contributed by atoms with Crippen LogP contribution in [0.25, 0.3) is 10.9 Å². The largest absolute Gasteiger partial charge is 0.464 e. The smallest absolute Gasteiger partial charge is 0.318 e. The summed E-state index contributed by atoms with van der Waals surface area (Å²) in [6.45, 7) is 2.36. The molecular formula is C10H8Cl2N2O. The van der Waals surface area contributed by atoms with E-state index in [9.17, 15) is 0 Å². The van der Waals surface area contributed by atoms with Gasteiger partial charge in [-0.1, -0.05) is 23.2 Å². The summed E-state index contributed by atoms with van der Waals surface area (Å²) in [5.41, 5.74) is 0.686. The first-order chi connectivity index (χ1) is 7.20. The van der Waals surface area contributed by atoms with Gasteiger partial charge in [-0.2, -0.15) is 9.97 Å². The molecule has 78 valence electrons. The van der Waals surface area contributed by atoms with Gasteiger partial charge in [0.05, 0.1) is 12.1 Å². The van der Waals surface area contributed by atoms with Crippen LogP contribution in [0, 0.1) is 0 Å². The van der Waals surface area contributed by atoms with Crippen molar-refractivity contribution in [3.8, 4) is 6.01 Å². The van der Waals surface area contributed by atoms with Gasteiger partial charge >= 0.3 is 6.01 Å². The van der Waals surface area contributed by atoms with Crippen LogP contribution in [0.1, 0.15) is 6.92 Å². The lowest BCUT2D eigenvalue weighted by atomic mass is 10.2. The maximum Gasteiger partial charge on any atom is 0.318 e. The van der Waals surface area contributed by atoms with Gasteiger partial charge in [0, 0.05) is 10.4 Å². The van der Waals surface area contributed by atoms with E-state index in [-0.39, 0.29) is 6.01 Å². The normalized spacial score (nSPS) is 10.6. The fourth-order valence-corrected chi connectivity index (χ4v) is 1.64. The quantitative estimate of drug-likeness (QED) is 0.758. The molecule has 0 aliphatic carbocycles. The Hall–Kier alpha value is -1.06. The molecule has 15 heavy (non-hydrogen) atoms. The highest BCUT2D eigenvalue weighted by Gasteiger charge is 2.06. The Kier molecular flexibility index (Phi) is 2.93. The van der Waals surface area contributed by atoms with Crippen molar-refractivity contribution in [3.63, 3.8) is 0 Å². The summed E-state index contributed by atoms with van der Waals surface area (Å²) in [6.07, 6.45) is 0. The van der Waals surface area contributed by atoms with Crippen LogP contribution in [-0.2, 0) is 0 Å². The molecule has 0 fully saturated rings. The summed E-state index contributed by atoms with van der Waals surface area (Å²) in [4.78, 5) is 8.19. The third-order valence-corrected chi connectivity index (χ3v) is 2.39. The van der Waals surface area contributed by atoms with Crippen LogP contribution in [0.15, 0.2) is 18.2 Å². The molecule has 0 bridgehead atoms. The maximum atomic E-state index is 5.98. The number of fused-ring (bicyclic) bond motifs is 1. The lowest BCUT2D eigenvalue weighted by Gasteiger charge is -2.04. The number of aromatic nitrogens is 2. The molecule has 0 atom stereocenters. The number of hydrogen-bond acceptors (Lipinski definition) is 3. The van der Waals surface area contributed by atoms with E-state index < -0.39 is 0 Å². The minimum atomic E-state index is 0.275. The minimum absolute atomic E-state index is 0.275. The first kappa shape index (κ1) is 10.5. The highest BCUT2D eigenvalue weighted by Crippen LogP contribution is 2.25. The molecule has 2 aromatic rings. The number of hydrogen-bond donors (Lipinski definition) is 0. The topological polar surface area (TPSA) is 35.0 Å². The molecule has 1 heterocycles. The van der Waals surface area contributed by atoms with Crippen LogP contribution >= 0.6 is 23.2 Å². The predicted octanol–water partition coefficient (Wildman–Crippen LogP) is 3.34. The molecular weight excluding hydrogens is 235 g/mol. The van der Waals surface area contributed by atoms with Crippen molar-refractivity contribution in [1.29, 1.82) is 0 Å². The van der Waals surface area contributed by atoms with Crippen molar-refractivity contribution >= 4 is 34.1 Å². The van der Waals surface area contributed by atoms with Crippen molar-refractivity contribution < 1.29 is 4.74 Å². The molecule has 3 nitrogen and oxygen atoms in total. The molecule has 0 unspecified atom stereocenters. The van der Waals surface area contributed by atoms with E-state index in [1.165, 1.54) is 0 Å². The highest BCUT2D eigenvalue weighted by molar-refractivity contribution is 6.35. The van der Waals surface area contributed by atoms with Gasteiger partial charge in [-0.15, -0.1) is 0 Å². The highest BCUT2D eigenvalue weighted by atomic mass is 35.5. The Morgan fingerprint density at radius 1 is 1.27 bits per heavy atom. The van der Waals surface area contributed by atoms with Crippen molar-refractivity contribution in [2.75, 3.05) is 6.61 Å². The van der Waals surface area contributed by atoms with E-state index in [0.717, 1.165) is 5.39 Å². The minimum Gasteiger partial charge on any atom is -0.464 e. The zero-order valence-electron chi connectivity index (χ0n) is 8.00. The average molecular weight is 243 g/mol. The van der Waals surface area contributed by atoms with Crippen molar-refractivity contribution in [2.24, 2.45) is 0 Å². The summed E-state index contributed by atoms with van der Waals surface area (Å²) in [5, 5.41) is 1.75. The van der Waals surface area contributed by atoms with Crippen LogP contribution in [-0.4, -0.2) is 16.6 Å². The molecule has 0 N–H and O–H groups in total. The zero-order chi connectivity index (χ0) is 10.8. The first-order valence-electron chi connectivity index (χ1n) is 4.46. The van der Waals surface area contributed by atoms with Crippen molar-refractivity contribution in [3.05, 3.63) is 28.4 Å². The standard InChI is InChI=1S/C10H8Cl2N2O/c1-2-15-10-13-8-5-6(11)3-4-7(8)9(12)14-10/h3-5H,2H2,1H3. The van der Waals surface area contributed by atoms with E-state index in [1.54, 1.807) is 18.2 Å². The summed E-state index contributed by atoms with van der Waals surface area (Å²) in [7, 11) is 0. The third-order valence-electron chi connectivity index (χ3n) is 1.87. The van der Waals surface area contributed by atoms with Gasteiger partial charge in [0.1, 0.15) is 5.15 Å². The molecule has 0 saturated carbocycles. The summed E-state index contributed by atoms with van der Waals surface area (Å²) in [5.74, 6) is 0. The van der Waals surface area contributed by atoms with Gasteiger partial charge in [-0.25, -0.2) is 0 Å². The van der Waals surface area contributed by atoms with E-state index in [1.807, 2.05) is 6.92 Å². The fraction of sp³-hybridized carbons (Fsp3) is 0.200. The number of ether oxygens (including phenoxy) is 1. The van der Waals surface area contributed by atoms with Crippen LogP contribution in [0.2, 0.25) is 10.2 Å². The fourth-order valence-electron chi connectivity index (χ4n) is 1.24. The van der Waals surface area contributed by atoms with Gasteiger partial charge in [-0.3, -0.25) is 0 Å². The molecule has 1 aromatic heterocycles. The molecule has 0 aliphatic rings. The van der Waals surface area contributed by atoms with Gasteiger partial charge < -0.3 is 4.74 Å². The number of halogens is 2. The van der Waals surface area contributed by atoms with Crippen LogP contribution in [0.3, 0.4) is 0 Å². The summed E-state index contributed by atoms with van der Waals surface area (Å²) < 4.78 is 5.18. The van der Waals surface area contributed by atoms with Crippen LogP contribution < -0.4 is 4.74 Å². The van der Waals surface area contributed by atoms with E-state index >= 15 is 0 Å². The maximum absolute atomic E-state index is 5.98. The summed E-state index contributed by atoms with van der Waals surface area (Å²) in [6, 6.07) is 5.54. The van der Waals surface area contributed by atoms with E-state index in [4.69, 9.17) is 27.9 Å². The number of rotatable bonds is 2. The SMILES string of the molecule is CCOc1nc(Cl)c2ccc(Cl)cc2n1. The van der Waals surface area contributed by atoms with Crippen LogP contribution in [0.4, 0.5) is 0 Å². The van der Waals surface area contributed by atoms with Crippen LogP contribution in [0.5, 0.6) is 6.01 Å². The van der Waals surface area contributed by atoms with Gasteiger partial charge in [0.2, 0.25) is 0 Å².